The first kappa shape index (κ1) is 12.7. The standard InChI is InChI=1S/C13H15ClN2/c1-5-7-10(6-2)13-15-8-11(9(3)4)12(14)16-13/h5-9H,1-2H2,3-4H3/b10-7+. The molecule has 0 bridgehead atoms. The second-order valence-electron chi connectivity index (χ2n) is 3.66. The summed E-state index contributed by atoms with van der Waals surface area (Å²) in [5.74, 6) is 0.890. The monoisotopic (exact) mass is 234 g/mol. The van der Waals surface area contributed by atoms with Gasteiger partial charge in [0.05, 0.1) is 0 Å². The van der Waals surface area contributed by atoms with Gasteiger partial charge in [0.1, 0.15) is 5.15 Å². The first-order valence-electron chi connectivity index (χ1n) is 5.08. The van der Waals surface area contributed by atoms with Crippen molar-refractivity contribution in [3.8, 4) is 0 Å². The van der Waals surface area contributed by atoms with Gasteiger partial charge in [0.2, 0.25) is 0 Å². The van der Waals surface area contributed by atoms with E-state index in [1.165, 1.54) is 0 Å². The summed E-state index contributed by atoms with van der Waals surface area (Å²) in [6.45, 7) is 11.4. The lowest BCUT2D eigenvalue weighted by atomic mass is 10.1. The van der Waals surface area contributed by atoms with Crippen LogP contribution in [0.2, 0.25) is 5.15 Å². The van der Waals surface area contributed by atoms with Gasteiger partial charge in [0, 0.05) is 17.3 Å². The molecule has 0 amide bonds. The van der Waals surface area contributed by atoms with Gasteiger partial charge in [-0.3, -0.25) is 0 Å². The van der Waals surface area contributed by atoms with Gasteiger partial charge in [-0.15, -0.1) is 0 Å². The highest BCUT2D eigenvalue weighted by Gasteiger charge is 2.09. The van der Waals surface area contributed by atoms with Gasteiger partial charge in [0.15, 0.2) is 5.82 Å². The summed E-state index contributed by atoms with van der Waals surface area (Å²) in [6.07, 6.45) is 6.91. The van der Waals surface area contributed by atoms with Crippen LogP contribution in [-0.2, 0) is 0 Å². The molecule has 0 aliphatic carbocycles. The van der Waals surface area contributed by atoms with Gasteiger partial charge >= 0.3 is 0 Å². The summed E-state index contributed by atoms with van der Waals surface area (Å²) in [6, 6.07) is 0. The van der Waals surface area contributed by atoms with E-state index in [9.17, 15) is 0 Å². The minimum absolute atomic E-state index is 0.317. The predicted octanol–water partition coefficient (Wildman–Crippen LogP) is 4.01. The van der Waals surface area contributed by atoms with E-state index in [1.807, 2.05) is 0 Å². The van der Waals surface area contributed by atoms with Gasteiger partial charge in [-0.2, -0.15) is 0 Å². The third-order valence-corrected chi connectivity index (χ3v) is 2.47. The molecule has 0 fully saturated rings. The van der Waals surface area contributed by atoms with Crippen molar-refractivity contribution in [2.75, 3.05) is 0 Å². The van der Waals surface area contributed by atoms with E-state index in [4.69, 9.17) is 11.6 Å². The zero-order valence-electron chi connectivity index (χ0n) is 9.57. The number of allylic oxidation sites excluding steroid dienone is 4. The van der Waals surface area contributed by atoms with Gasteiger partial charge in [-0.05, 0) is 5.92 Å². The lowest BCUT2D eigenvalue weighted by Gasteiger charge is -2.08. The van der Waals surface area contributed by atoms with Crippen LogP contribution in [0.15, 0.2) is 37.6 Å². The number of hydrogen-bond donors (Lipinski definition) is 0. The maximum atomic E-state index is 6.09. The van der Waals surface area contributed by atoms with Crippen LogP contribution in [-0.4, -0.2) is 9.97 Å². The number of nitrogens with zero attached hydrogens (tertiary/aromatic N) is 2. The average molecular weight is 235 g/mol. The molecular weight excluding hydrogens is 220 g/mol. The lowest BCUT2D eigenvalue weighted by molar-refractivity contribution is 0.843. The Morgan fingerprint density at radius 1 is 1.44 bits per heavy atom. The topological polar surface area (TPSA) is 25.8 Å². The molecule has 3 heteroatoms. The summed E-state index contributed by atoms with van der Waals surface area (Å²) in [7, 11) is 0. The van der Waals surface area contributed by atoms with Crippen LogP contribution in [0.25, 0.3) is 5.57 Å². The summed E-state index contributed by atoms with van der Waals surface area (Å²) in [4.78, 5) is 8.52. The molecule has 0 saturated heterocycles. The van der Waals surface area contributed by atoms with Crippen LogP contribution in [0.5, 0.6) is 0 Å². The molecule has 0 N–H and O–H groups in total. The Labute approximate surface area is 101 Å². The molecule has 0 unspecified atom stereocenters. The van der Waals surface area contributed by atoms with E-state index < -0.39 is 0 Å². The zero-order valence-corrected chi connectivity index (χ0v) is 10.3. The van der Waals surface area contributed by atoms with Crippen molar-refractivity contribution < 1.29 is 0 Å². The number of aromatic nitrogens is 2. The van der Waals surface area contributed by atoms with Gasteiger partial charge in [0.25, 0.3) is 0 Å². The Morgan fingerprint density at radius 3 is 2.56 bits per heavy atom. The summed E-state index contributed by atoms with van der Waals surface area (Å²) in [5.41, 5.74) is 1.76. The van der Waals surface area contributed by atoms with Crippen molar-refractivity contribution >= 4 is 17.2 Å². The van der Waals surface area contributed by atoms with Crippen LogP contribution >= 0.6 is 11.6 Å². The summed E-state index contributed by atoms with van der Waals surface area (Å²) >= 11 is 6.09. The predicted molar refractivity (Wildman–Crippen MR) is 69.5 cm³/mol. The molecule has 0 atom stereocenters. The highest BCUT2D eigenvalue weighted by atomic mass is 35.5. The van der Waals surface area contributed by atoms with E-state index in [-0.39, 0.29) is 0 Å². The molecule has 84 valence electrons. The number of halogens is 1. The van der Waals surface area contributed by atoms with Crippen molar-refractivity contribution in [1.29, 1.82) is 0 Å². The van der Waals surface area contributed by atoms with E-state index in [0.29, 0.717) is 16.9 Å². The molecule has 1 rings (SSSR count). The molecule has 1 aromatic heterocycles. The van der Waals surface area contributed by atoms with Crippen molar-refractivity contribution in [3.63, 3.8) is 0 Å². The first-order chi connectivity index (χ1) is 7.60. The molecule has 1 aromatic rings. The van der Waals surface area contributed by atoms with Gasteiger partial charge in [-0.1, -0.05) is 56.8 Å². The van der Waals surface area contributed by atoms with E-state index >= 15 is 0 Å². The maximum absolute atomic E-state index is 6.09. The van der Waals surface area contributed by atoms with E-state index in [2.05, 4.69) is 37.0 Å². The minimum atomic E-state index is 0.317. The van der Waals surface area contributed by atoms with Crippen LogP contribution in [0, 0.1) is 0 Å². The summed E-state index contributed by atoms with van der Waals surface area (Å²) in [5, 5.41) is 0.497. The number of rotatable bonds is 4. The smallest absolute Gasteiger partial charge is 0.160 e. The molecule has 0 aliphatic rings. The van der Waals surface area contributed by atoms with Crippen molar-refractivity contribution in [1.82, 2.24) is 9.97 Å². The SMILES string of the molecule is C=C/C=C(\C=C)c1ncc(C(C)C)c(Cl)n1. The highest BCUT2D eigenvalue weighted by molar-refractivity contribution is 6.30. The van der Waals surface area contributed by atoms with Crippen molar-refractivity contribution in [2.45, 2.75) is 19.8 Å². The molecule has 0 radical (unpaired) electrons. The molecule has 0 aliphatic heterocycles. The second kappa shape index (κ2) is 5.61. The molecular formula is C13H15ClN2. The Kier molecular flexibility index (Phi) is 4.44. The van der Waals surface area contributed by atoms with Crippen LogP contribution in [0.4, 0.5) is 0 Å². The first-order valence-corrected chi connectivity index (χ1v) is 5.46. The highest BCUT2D eigenvalue weighted by Crippen LogP contribution is 2.23. The van der Waals surface area contributed by atoms with Gasteiger partial charge in [-0.25, -0.2) is 9.97 Å². The van der Waals surface area contributed by atoms with Crippen LogP contribution in [0.1, 0.15) is 31.2 Å². The molecule has 1 heterocycles. The van der Waals surface area contributed by atoms with E-state index in [0.717, 1.165) is 11.1 Å². The molecule has 16 heavy (non-hydrogen) atoms. The van der Waals surface area contributed by atoms with Crippen LogP contribution < -0.4 is 0 Å². The summed E-state index contributed by atoms with van der Waals surface area (Å²) < 4.78 is 0. The van der Waals surface area contributed by atoms with Crippen LogP contribution in [0.3, 0.4) is 0 Å². The molecule has 0 spiro atoms. The Bertz CT molecular complexity index is 434. The van der Waals surface area contributed by atoms with Crippen molar-refractivity contribution in [2.24, 2.45) is 0 Å². The molecule has 2 nitrogen and oxygen atoms in total. The van der Waals surface area contributed by atoms with Crippen molar-refractivity contribution in [3.05, 3.63) is 54.1 Å². The third-order valence-electron chi connectivity index (χ3n) is 2.17. The molecule has 0 aromatic carbocycles. The maximum Gasteiger partial charge on any atom is 0.160 e. The minimum Gasteiger partial charge on any atom is -0.236 e. The quantitative estimate of drug-likeness (QED) is 0.581. The largest absolute Gasteiger partial charge is 0.236 e. The Morgan fingerprint density at radius 2 is 2.12 bits per heavy atom. The second-order valence-corrected chi connectivity index (χ2v) is 4.01. The lowest BCUT2D eigenvalue weighted by Crippen LogP contribution is -1.98. The Hall–Kier alpha value is -1.41. The van der Waals surface area contributed by atoms with E-state index in [1.54, 1.807) is 24.4 Å². The normalized spacial score (nSPS) is 11.6. The molecule has 0 saturated carbocycles. The zero-order chi connectivity index (χ0) is 12.1. The Balaban J connectivity index is 3.19. The van der Waals surface area contributed by atoms with Gasteiger partial charge < -0.3 is 0 Å². The number of hydrogen-bond acceptors (Lipinski definition) is 2. The fraction of sp³-hybridized carbons (Fsp3) is 0.231. The fourth-order valence-corrected chi connectivity index (χ4v) is 1.60. The third kappa shape index (κ3) is 2.80. The fourth-order valence-electron chi connectivity index (χ4n) is 1.26. The average Bonchev–Trinajstić information content (AvgIpc) is 2.25.